The minimum absolute atomic E-state index is 0.250. The van der Waals surface area contributed by atoms with Crippen molar-refractivity contribution in [2.24, 2.45) is 0 Å². The highest BCUT2D eigenvalue weighted by Gasteiger charge is 2.17. The fourth-order valence-electron chi connectivity index (χ4n) is 2.15. The fraction of sp³-hybridized carbons (Fsp3) is 0.294. The van der Waals surface area contributed by atoms with Crippen molar-refractivity contribution in [2.75, 3.05) is 26.4 Å². The lowest BCUT2D eigenvalue weighted by Gasteiger charge is -2.11. The second kappa shape index (κ2) is 7.49. The first kappa shape index (κ1) is 15.2. The highest BCUT2D eigenvalue weighted by molar-refractivity contribution is 6.30. The molecule has 0 radical (unpaired) electrons. The lowest BCUT2D eigenvalue weighted by molar-refractivity contribution is -0.0441. The highest BCUT2D eigenvalue weighted by atomic mass is 35.5. The smallest absolute Gasteiger partial charge is 0.184 e. The SMILES string of the molecule is Clc1cccc(OCCOc2ccc(C3OCCO3)cc2)c1. The summed E-state index contributed by atoms with van der Waals surface area (Å²) in [6, 6.07) is 15.0. The number of hydrogen-bond acceptors (Lipinski definition) is 4. The Hall–Kier alpha value is -1.75. The third-order valence-corrected chi connectivity index (χ3v) is 3.43. The van der Waals surface area contributed by atoms with Crippen molar-refractivity contribution in [1.29, 1.82) is 0 Å². The van der Waals surface area contributed by atoms with Crippen LogP contribution in [0.25, 0.3) is 0 Å². The van der Waals surface area contributed by atoms with Gasteiger partial charge >= 0.3 is 0 Å². The van der Waals surface area contributed by atoms with E-state index in [4.69, 9.17) is 30.5 Å². The van der Waals surface area contributed by atoms with Gasteiger partial charge in [-0.25, -0.2) is 0 Å². The Morgan fingerprint density at radius 3 is 2.27 bits per heavy atom. The topological polar surface area (TPSA) is 36.9 Å². The molecule has 0 aromatic heterocycles. The summed E-state index contributed by atoms with van der Waals surface area (Å²) in [5.74, 6) is 1.53. The van der Waals surface area contributed by atoms with Crippen LogP contribution in [-0.4, -0.2) is 26.4 Å². The average Bonchev–Trinajstić information content (AvgIpc) is 3.07. The quantitative estimate of drug-likeness (QED) is 0.758. The summed E-state index contributed by atoms with van der Waals surface area (Å²) >= 11 is 5.89. The van der Waals surface area contributed by atoms with Gasteiger partial charge in [-0.1, -0.05) is 29.8 Å². The molecule has 2 aromatic rings. The molecular weight excluding hydrogens is 304 g/mol. The molecule has 3 rings (SSSR count). The standard InChI is InChI=1S/C17H17ClO4/c18-14-2-1-3-16(12-14)20-9-8-19-15-6-4-13(5-7-15)17-21-10-11-22-17/h1-7,12,17H,8-11H2. The van der Waals surface area contributed by atoms with E-state index in [9.17, 15) is 0 Å². The third kappa shape index (κ3) is 4.13. The molecule has 0 amide bonds. The molecule has 4 nitrogen and oxygen atoms in total. The molecular formula is C17H17ClO4. The van der Waals surface area contributed by atoms with Gasteiger partial charge in [-0.05, 0) is 30.3 Å². The molecule has 0 unspecified atom stereocenters. The van der Waals surface area contributed by atoms with Gasteiger partial charge in [0.05, 0.1) is 13.2 Å². The monoisotopic (exact) mass is 320 g/mol. The number of benzene rings is 2. The van der Waals surface area contributed by atoms with Crippen molar-refractivity contribution >= 4 is 11.6 Å². The Balaban J connectivity index is 1.43. The van der Waals surface area contributed by atoms with Crippen LogP contribution in [0.2, 0.25) is 5.02 Å². The molecule has 1 heterocycles. The zero-order valence-electron chi connectivity index (χ0n) is 12.0. The van der Waals surface area contributed by atoms with Crippen molar-refractivity contribution in [2.45, 2.75) is 6.29 Å². The molecule has 0 spiro atoms. The van der Waals surface area contributed by atoms with Crippen LogP contribution < -0.4 is 9.47 Å². The Morgan fingerprint density at radius 2 is 1.59 bits per heavy atom. The Bertz CT molecular complexity index is 594. The van der Waals surface area contributed by atoms with Crippen molar-refractivity contribution in [3.05, 3.63) is 59.1 Å². The fourth-order valence-corrected chi connectivity index (χ4v) is 2.33. The molecule has 116 valence electrons. The van der Waals surface area contributed by atoms with Gasteiger partial charge in [0, 0.05) is 10.6 Å². The van der Waals surface area contributed by atoms with Crippen LogP contribution in [0.5, 0.6) is 11.5 Å². The average molecular weight is 321 g/mol. The van der Waals surface area contributed by atoms with Gasteiger partial charge in [0.2, 0.25) is 0 Å². The van der Waals surface area contributed by atoms with E-state index >= 15 is 0 Å². The second-order valence-electron chi connectivity index (χ2n) is 4.80. The van der Waals surface area contributed by atoms with Crippen molar-refractivity contribution in [1.82, 2.24) is 0 Å². The van der Waals surface area contributed by atoms with Gasteiger partial charge in [0.15, 0.2) is 6.29 Å². The van der Waals surface area contributed by atoms with Crippen LogP contribution in [0, 0.1) is 0 Å². The molecule has 22 heavy (non-hydrogen) atoms. The summed E-state index contributed by atoms with van der Waals surface area (Å²) in [6.07, 6.45) is -0.250. The predicted octanol–water partition coefficient (Wildman–Crippen LogP) is 3.84. The molecule has 1 fully saturated rings. The minimum atomic E-state index is -0.250. The predicted molar refractivity (Wildman–Crippen MR) is 83.5 cm³/mol. The summed E-state index contributed by atoms with van der Waals surface area (Å²) in [7, 11) is 0. The second-order valence-corrected chi connectivity index (χ2v) is 5.23. The van der Waals surface area contributed by atoms with E-state index in [1.807, 2.05) is 42.5 Å². The van der Waals surface area contributed by atoms with Crippen molar-refractivity contribution in [3.8, 4) is 11.5 Å². The van der Waals surface area contributed by atoms with Crippen LogP contribution in [0.3, 0.4) is 0 Å². The van der Waals surface area contributed by atoms with Gasteiger partial charge in [-0.2, -0.15) is 0 Å². The number of hydrogen-bond donors (Lipinski definition) is 0. The molecule has 0 N–H and O–H groups in total. The first-order chi connectivity index (χ1) is 10.8. The first-order valence-corrected chi connectivity index (χ1v) is 7.53. The first-order valence-electron chi connectivity index (χ1n) is 7.15. The normalized spacial score (nSPS) is 15.0. The number of halogens is 1. The largest absolute Gasteiger partial charge is 0.490 e. The van der Waals surface area contributed by atoms with E-state index in [1.54, 1.807) is 6.07 Å². The summed E-state index contributed by atoms with van der Waals surface area (Å²) < 4.78 is 22.1. The molecule has 1 aliphatic heterocycles. The van der Waals surface area contributed by atoms with Crippen LogP contribution in [0.4, 0.5) is 0 Å². The van der Waals surface area contributed by atoms with Gasteiger partial charge in [-0.3, -0.25) is 0 Å². The van der Waals surface area contributed by atoms with Crippen molar-refractivity contribution < 1.29 is 18.9 Å². The maximum Gasteiger partial charge on any atom is 0.184 e. The summed E-state index contributed by atoms with van der Waals surface area (Å²) in [4.78, 5) is 0. The van der Waals surface area contributed by atoms with Gasteiger partial charge in [0.1, 0.15) is 24.7 Å². The van der Waals surface area contributed by atoms with E-state index < -0.39 is 0 Å². The van der Waals surface area contributed by atoms with Gasteiger partial charge < -0.3 is 18.9 Å². The summed E-state index contributed by atoms with van der Waals surface area (Å²) in [5.41, 5.74) is 1.00. The zero-order chi connectivity index (χ0) is 15.2. The Labute approximate surface area is 134 Å². The Morgan fingerprint density at radius 1 is 0.909 bits per heavy atom. The molecule has 1 aliphatic rings. The lowest BCUT2D eigenvalue weighted by atomic mass is 10.2. The zero-order valence-corrected chi connectivity index (χ0v) is 12.8. The van der Waals surface area contributed by atoms with Gasteiger partial charge in [-0.15, -0.1) is 0 Å². The summed E-state index contributed by atoms with van der Waals surface area (Å²) in [6.45, 7) is 2.20. The van der Waals surface area contributed by atoms with Crippen LogP contribution in [0.15, 0.2) is 48.5 Å². The van der Waals surface area contributed by atoms with E-state index in [0.29, 0.717) is 31.5 Å². The maximum atomic E-state index is 5.89. The summed E-state index contributed by atoms with van der Waals surface area (Å²) in [5, 5.41) is 0.658. The van der Waals surface area contributed by atoms with Crippen molar-refractivity contribution in [3.63, 3.8) is 0 Å². The Kier molecular flexibility index (Phi) is 5.16. The molecule has 0 atom stereocenters. The molecule has 1 saturated heterocycles. The third-order valence-electron chi connectivity index (χ3n) is 3.19. The minimum Gasteiger partial charge on any atom is -0.490 e. The van der Waals surface area contributed by atoms with Crippen LogP contribution >= 0.6 is 11.6 Å². The number of ether oxygens (including phenoxy) is 4. The highest BCUT2D eigenvalue weighted by Crippen LogP contribution is 2.25. The van der Waals surface area contributed by atoms with E-state index in [-0.39, 0.29) is 6.29 Å². The van der Waals surface area contributed by atoms with E-state index in [1.165, 1.54) is 0 Å². The molecule has 0 saturated carbocycles. The van der Waals surface area contributed by atoms with Gasteiger partial charge in [0.25, 0.3) is 0 Å². The lowest BCUT2D eigenvalue weighted by Crippen LogP contribution is -2.09. The van der Waals surface area contributed by atoms with E-state index in [2.05, 4.69) is 0 Å². The molecule has 5 heteroatoms. The van der Waals surface area contributed by atoms with Crippen LogP contribution in [-0.2, 0) is 9.47 Å². The number of rotatable bonds is 6. The molecule has 0 aliphatic carbocycles. The molecule has 2 aromatic carbocycles. The maximum absolute atomic E-state index is 5.89. The molecule has 0 bridgehead atoms. The van der Waals surface area contributed by atoms with Crippen LogP contribution in [0.1, 0.15) is 11.9 Å². The van der Waals surface area contributed by atoms with E-state index in [0.717, 1.165) is 17.1 Å².